The third kappa shape index (κ3) is 4.26. The second-order valence-electron chi connectivity index (χ2n) is 8.97. The SMILES string of the molecule is CCn1cc(C(=O)NN2C(=O)CSC2c2cc(C)c(C)o2)c(=O)c2cc(F)c(N3CCNCC3)cc21. The van der Waals surface area contributed by atoms with E-state index in [9.17, 15) is 14.4 Å². The zero-order valence-electron chi connectivity index (χ0n) is 20.4. The number of thioether (sulfide) groups is 1. The number of piperazine rings is 1. The van der Waals surface area contributed by atoms with Gasteiger partial charge in [-0.25, -0.2) is 9.40 Å². The first-order chi connectivity index (χ1) is 17.3. The molecule has 0 saturated carbocycles. The number of hydrazine groups is 1. The fourth-order valence-corrected chi connectivity index (χ4v) is 5.66. The molecule has 5 rings (SSSR count). The number of anilines is 1. The molecule has 190 valence electrons. The van der Waals surface area contributed by atoms with Gasteiger partial charge in [-0.15, -0.1) is 11.8 Å². The zero-order chi connectivity index (χ0) is 25.6. The lowest BCUT2D eigenvalue weighted by Gasteiger charge is -2.30. The van der Waals surface area contributed by atoms with Crippen molar-refractivity contribution in [3.05, 3.63) is 63.1 Å². The Morgan fingerprint density at radius 2 is 1.97 bits per heavy atom. The molecule has 36 heavy (non-hydrogen) atoms. The molecule has 9 nitrogen and oxygen atoms in total. The molecule has 2 aromatic heterocycles. The smallest absolute Gasteiger partial charge is 0.275 e. The van der Waals surface area contributed by atoms with Crippen LogP contribution in [0.1, 0.15) is 39.7 Å². The predicted molar refractivity (Wildman–Crippen MR) is 137 cm³/mol. The van der Waals surface area contributed by atoms with Gasteiger partial charge in [0.05, 0.1) is 17.0 Å². The van der Waals surface area contributed by atoms with Crippen LogP contribution in [0, 0.1) is 19.7 Å². The molecule has 3 aromatic rings. The number of benzene rings is 1. The highest BCUT2D eigenvalue weighted by Crippen LogP contribution is 2.39. The van der Waals surface area contributed by atoms with Crippen molar-refractivity contribution in [3.8, 4) is 0 Å². The van der Waals surface area contributed by atoms with Crippen molar-refractivity contribution in [3.63, 3.8) is 0 Å². The van der Waals surface area contributed by atoms with Gasteiger partial charge in [-0.1, -0.05) is 0 Å². The maximum Gasteiger partial charge on any atom is 0.275 e. The number of carbonyl (C=O) groups is 2. The van der Waals surface area contributed by atoms with Gasteiger partial charge in [0, 0.05) is 44.3 Å². The highest BCUT2D eigenvalue weighted by molar-refractivity contribution is 8.00. The van der Waals surface area contributed by atoms with E-state index in [4.69, 9.17) is 4.42 Å². The second-order valence-corrected chi connectivity index (χ2v) is 10.0. The van der Waals surface area contributed by atoms with E-state index in [1.54, 1.807) is 10.6 Å². The van der Waals surface area contributed by atoms with E-state index >= 15 is 4.39 Å². The summed E-state index contributed by atoms with van der Waals surface area (Å²) in [5, 5.41) is 4.03. The summed E-state index contributed by atoms with van der Waals surface area (Å²) in [5.74, 6) is -0.0750. The van der Waals surface area contributed by atoms with Gasteiger partial charge in [0.2, 0.25) is 5.43 Å². The number of halogens is 1. The van der Waals surface area contributed by atoms with E-state index < -0.39 is 22.5 Å². The van der Waals surface area contributed by atoms with Crippen LogP contribution in [-0.2, 0) is 11.3 Å². The number of furan rings is 1. The van der Waals surface area contributed by atoms with E-state index in [-0.39, 0.29) is 22.6 Å². The second kappa shape index (κ2) is 9.62. The van der Waals surface area contributed by atoms with Crippen molar-refractivity contribution in [2.75, 3.05) is 36.8 Å². The standard InChI is InChI=1S/C25H28FN5O4S/c1-4-29-12-17(23(33)16-10-18(26)20(11-19(16)29)30-7-5-27-6-8-30)24(34)28-31-22(32)13-36-25(31)21-9-14(2)15(3)35-21/h9-12,25,27H,4-8,13H2,1-3H3,(H,28,34). The first-order valence-electron chi connectivity index (χ1n) is 11.9. The van der Waals surface area contributed by atoms with Gasteiger partial charge < -0.3 is 19.2 Å². The molecular weight excluding hydrogens is 485 g/mol. The van der Waals surface area contributed by atoms with Crippen LogP contribution < -0.4 is 21.1 Å². The molecule has 0 bridgehead atoms. The van der Waals surface area contributed by atoms with Crippen LogP contribution in [0.5, 0.6) is 0 Å². The lowest BCUT2D eigenvalue weighted by Crippen LogP contribution is -2.46. The molecule has 0 spiro atoms. The van der Waals surface area contributed by atoms with Crippen LogP contribution in [0.15, 0.2) is 33.6 Å². The first kappa shape index (κ1) is 24.4. The maximum absolute atomic E-state index is 15.1. The Morgan fingerprint density at radius 3 is 2.64 bits per heavy atom. The van der Waals surface area contributed by atoms with Gasteiger partial charge in [0.15, 0.2) is 5.37 Å². The zero-order valence-corrected chi connectivity index (χ0v) is 21.2. The normalized spacial score (nSPS) is 18.3. The number of nitrogens with one attached hydrogen (secondary N) is 2. The molecule has 11 heteroatoms. The number of nitrogens with zero attached hydrogens (tertiary/aromatic N) is 3. The Morgan fingerprint density at radius 1 is 1.22 bits per heavy atom. The molecule has 0 radical (unpaired) electrons. The van der Waals surface area contributed by atoms with E-state index in [1.807, 2.05) is 31.7 Å². The summed E-state index contributed by atoms with van der Waals surface area (Å²) < 4.78 is 22.7. The van der Waals surface area contributed by atoms with E-state index in [0.29, 0.717) is 36.6 Å². The van der Waals surface area contributed by atoms with E-state index in [2.05, 4.69) is 10.7 Å². The third-order valence-corrected chi connectivity index (χ3v) is 7.88. The Balaban J connectivity index is 1.49. The number of pyridine rings is 1. The molecular formula is C25H28FN5O4S. The van der Waals surface area contributed by atoms with Crippen LogP contribution in [0.3, 0.4) is 0 Å². The summed E-state index contributed by atoms with van der Waals surface area (Å²) in [5.41, 5.74) is 3.79. The minimum atomic E-state index is -0.725. The van der Waals surface area contributed by atoms with Crippen molar-refractivity contribution in [1.29, 1.82) is 0 Å². The lowest BCUT2D eigenvalue weighted by atomic mass is 10.1. The molecule has 2 N–H and O–H groups in total. The van der Waals surface area contributed by atoms with Crippen LogP contribution >= 0.6 is 11.8 Å². The van der Waals surface area contributed by atoms with Crippen LogP contribution in [0.25, 0.3) is 10.9 Å². The highest BCUT2D eigenvalue weighted by atomic mass is 32.2. The topological polar surface area (TPSA) is 99.8 Å². The predicted octanol–water partition coefficient (Wildman–Crippen LogP) is 2.70. The van der Waals surface area contributed by atoms with Gasteiger partial charge in [0.1, 0.15) is 22.9 Å². The number of carbonyl (C=O) groups excluding carboxylic acids is 2. The number of aromatic nitrogens is 1. The van der Waals surface area contributed by atoms with Crippen molar-refractivity contribution in [1.82, 2.24) is 20.3 Å². The number of rotatable bonds is 5. The van der Waals surface area contributed by atoms with Gasteiger partial charge in [-0.05, 0) is 44.5 Å². The van der Waals surface area contributed by atoms with Gasteiger partial charge in [0.25, 0.3) is 11.8 Å². The maximum atomic E-state index is 15.1. The highest BCUT2D eigenvalue weighted by Gasteiger charge is 2.37. The average molecular weight is 514 g/mol. The minimum absolute atomic E-state index is 0.122. The van der Waals surface area contributed by atoms with E-state index in [0.717, 1.165) is 24.4 Å². The number of hydrogen-bond donors (Lipinski definition) is 2. The first-order valence-corrected chi connectivity index (χ1v) is 13.0. The van der Waals surface area contributed by atoms with Crippen molar-refractivity contribution in [2.45, 2.75) is 32.7 Å². The van der Waals surface area contributed by atoms with Gasteiger partial charge in [-0.2, -0.15) is 0 Å². The fraction of sp³-hybridized carbons (Fsp3) is 0.400. The molecule has 2 amide bonds. The molecule has 2 saturated heterocycles. The average Bonchev–Trinajstić information content (AvgIpc) is 3.40. The number of hydrogen-bond acceptors (Lipinski definition) is 7. The Hall–Kier alpha value is -3.31. The molecule has 2 aliphatic heterocycles. The number of amides is 2. The molecule has 2 fully saturated rings. The summed E-state index contributed by atoms with van der Waals surface area (Å²) in [6.45, 7) is 8.92. The molecule has 0 aliphatic carbocycles. The Bertz CT molecular complexity index is 1390. The van der Waals surface area contributed by atoms with Crippen molar-refractivity contribution in [2.24, 2.45) is 0 Å². The van der Waals surface area contributed by atoms with Gasteiger partial charge >= 0.3 is 0 Å². The van der Waals surface area contributed by atoms with Crippen LogP contribution in [0.4, 0.5) is 10.1 Å². The molecule has 4 heterocycles. The summed E-state index contributed by atoms with van der Waals surface area (Å²) in [7, 11) is 0. The lowest BCUT2D eigenvalue weighted by molar-refractivity contribution is -0.130. The number of fused-ring (bicyclic) bond motifs is 1. The van der Waals surface area contributed by atoms with E-state index in [1.165, 1.54) is 29.0 Å². The largest absolute Gasteiger partial charge is 0.463 e. The summed E-state index contributed by atoms with van der Waals surface area (Å²) >= 11 is 1.33. The minimum Gasteiger partial charge on any atom is -0.463 e. The number of aryl methyl sites for hydroxylation is 3. The van der Waals surface area contributed by atoms with Crippen molar-refractivity contribution < 1.29 is 18.4 Å². The quantitative estimate of drug-likeness (QED) is 0.541. The summed E-state index contributed by atoms with van der Waals surface area (Å²) in [4.78, 5) is 41.1. The monoisotopic (exact) mass is 513 g/mol. The molecule has 2 aliphatic rings. The fourth-order valence-electron chi connectivity index (χ4n) is 4.62. The third-order valence-electron chi connectivity index (χ3n) is 6.71. The molecule has 1 aromatic carbocycles. The Labute approximate surface area is 211 Å². The summed E-state index contributed by atoms with van der Waals surface area (Å²) in [6.07, 6.45) is 1.48. The summed E-state index contributed by atoms with van der Waals surface area (Å²) in [6, 6.07) is 4.73. The molecule has 1 unspecified atom stereocenters. The van der Waals surface area contributed by atoms with Crippen LogP contribution in [-0.4, -0.2) is 53.3 Å². The Kier molecular flexibility index (Phi) is 6.52. The van der Waals surface area contributed by atoms with Crippen molar-refractivity contribution >= 4 is 40.2 Å². The van der Waals surface area contributed by atoms with Gasteiger partial charge in [-0.3, -0.25) is 19.8 Å². The molecule has 1 atom stereocenters. The van der Waals surface area contributed by atoms with Crippen LogP contribution in [0.2, 0.25) is 0 Å².